The van der Waals surface area contributed by atoms with Crippen molar-refractivity contribution >= 4 is 0 Å². The van der Waals surface area contributed by atoms with Crippen LogP contribution in [0, 0.1) is 12.1 Å². The molecule has 0 radical (unpaired) electrons. The Morgan fingerprint density at radius 2 is 1.19 bits per heavy atom. The minimum absolute atomic E-state index is 0. The Balaban J connectivity index is 0.00000196. The van der Waals surface area contributed by atoms with Crippen LogP contribution < -0.4 is 0 Å². The number of aromatic nitrogens is 4. The number of rotatable bonds is 4. The van der Waals surface area contributed by atoms with Crippen LogP contribution in [-0.2, 0) is 27.0 Å². The molecule has 2 aromatic heterocycles. The Labute approximate surface area is 163 Å². The largest absolute Gasteiger partial charge is 2.00 e. The fourth-order valence-corrected chi connectivity index (χ4v) is 2.51. The third-order valence-corrected chi connectivity index (χ3v) is 3.74. The van der Waals surface area contributed by atoms with Gasteiger partial charge in [-0.25, -0.2) is 8.78 Å². The van der Waals surface area contributed by atoms with Crippen molar-refractivity contribution in [2.24, 2.45) is 0 Å². The predicted molar refractivity (Wildman–Crippen MR) is 87.8 cm³/mol. The maximum Gasteiger partial charge on any atom is 2.00 e. The topological polar surface area (TPSA) is 35.6 Å². The van der Waals surface area contributed by atoms with Crippen molar-refractivity contribution in [1.29, 1.82) is 0 Å². The van der Waals surface area contributed by atoms with Crippen molar-refractivity contribution in [1.82, 2.24) is 19.6 Å². The molecule has 0 saturated heterocycles. The first-order valence-electron chi connectivity index (χ1n) is 7.58. The van der Waals surface area contributed by atoms with Gasteiger partial charge in [-0.15, -0.1) is 24.3 Å². The van der Waals surface area contributed by atoms with E-state index >= 15 is 8.78 Å². The van der Waals surface area contributed by atoms with E-state index in [9.17, 15) is 0 Å². The number of nitrogens with zero attached hydrogens (tertiary/aromatic N) is 4. The van der Waals surface area contributed by atoms with Gasteiger partial charge in [-0.1, -0.05) is 11.1 Å². The number of benzene rings is 2. The third kappa shape index (κ3) is 3.37. The second-order valence-corrected chi connectivity index (χ2v) is 5.38. The predicted octanol–water partition coefficient (Wildman–Crippen LogP) is 3.80. The first kappa shape index (κ1) is 18.2. The first-order chi connectivity index (χ1) is 12.1. The van der Waals surface area contributed by atoms with Crippen LogP contribution in [0.3, 0.4) is 0 Å². The second kappa shape index (κ2) is 7.34. The molecular weight excluding hydrogens is 517 g/mol. The zero-order chi connectivity index (χ0) is 17.3. The SMILES string of the molecule is FC(F)(c1[c-]c(-n2cccn2)ccc1)c1[c-]c(-n2cccn2)ccc1.[Pt+2]. The van der Waals surface area contributed by atoms with Gasteiger partial charge >= 0.3 is 21.1 Å². The van der Waals surface area contributed by atoms with Gasteiger partial charge in [0.15, 0.2) is 0 Å². The molecule has 4 nitrogen and oxygen atoms in total. The third-order valence-electron chi connectivity index (χ3n) is 3.74. The van der Waals surface area contributed by atoms with Gasteiger partial charge in [-0.3, -0.25) is 9.36 Å². The Bertz CT molecular complexity index is 903. The molecule has 0 atom stereocenters. The van der Waals surface area contributed by atoms with Crippen molar-refractivity contribution in [3.8, 4) is 11.4 Å². The zero-order valence-corrected chi connectivity index (χ0v) is 15.6. The van der Waals surface area contributed by atoms with Crippen LogP contribution in [0.4, 0.5) is 8.78 Å². The standard InChI is InChI=1S/C19H12F2N4.Pt/c20-19(21,15-5-1-7-17(13-15)24-11-3-9-22-24)16-6-2-8-18(14-16)25-12-4-10-23-25;/h1-12H;/q-2;+2. The molecular formula is C19H12F2N4Pt. The summed E-state index contributed by atoms with van der Waals surface area (Å²) < 4.78 is 33.0. The molecule has 0 spiro atoms. The van der Waals surface area contributed by atoms with Crippen LogP contribution in [0.5, 0.6) is 0 Å². The van der Waals surface area contributed by atoms with Gasteiger partial charge in [-0.2, -0.15) is 34.5 Å². The molecule has 0 unspecified atom stereocenters. The van der Waals surface area contributed by atoms with E-state index in [1.54, 1.807) is 61.2 Å². The van der Waals surface area contributed by atoms with Gasteiger partial charge in [-0.05, 0) is 23.5 Å². The molecule has 7 heteroatoms. The molecule has 26 heavy (non-hydrogen) atoms. The van der Waals surface area contributed by atoms with Crippen molar-refractivity contribution in [3.05, 3.63) is 96.6 Å². The fraction of sp³-hybridized carbons (Fsp3) is 0.0526. The minimum Gasteiger partial charge on any atom is -0.266 e. The van der Waals surface area contributed by atoms with Crippen LogP contribution >= 0.6 is 0 Å². The molecule has 4 aromatic rings. The van der Waals surface area contributed by atoms with E-state index in [1.807, 2.05) is 0 Å². The number of alkyl halides is 2. The molecule has 2 aromatic carbocycles. The molecule has 0 bridgehead atoms. The van der Waals surface area contributed by atoms with E-state index < -0.39 is 5.92 Å². The van der Waals surface area contributed by atoms with Crippen LogP contribution in [0.1, 0.15) is 11.1 Å². The van der Waals surface area contributed by atoms with E-state index in [1.165, 1.54) is 21.5 Å². The average Bonchev–Trinajstić information content (AvgIpc) is 3.36. The zero-order valence-electron chi connectivity index (χ0n) is 13.3. The Kier molecular flexibility index (Phi) is 5.14. The monoisotopic (exact) mass is 529 g/mol. The fourth-order valence-electron chi connectivity index (χ4n) is 2.51. The van der Waals surface area contributed by atoms with E-state index in [4.69, 9.17) is 0 Å². The van der Waals surface area contributed by atoms with Gasteiger partial charge in [0.2, 0.25) is 0 Å². The quantitative estimate of drug-likeness (QED) is 0.378. The molecule has 0 fully saturated rings. The smallest absolute Gasteiger partial charge is 0.266 e. The minimum atomic E-state index is -3.24. The van der Waals surface area contributed by atoms with Gasteiger partial charge < -0.3 is 0 Å². The molecule has 4 rings (SSSR count). The summed E-state index contributed by atoms with van der Waals surface area (Å²) in [4.78, 5) is 0. The summed E-state index contributed by atoms with van der Waals surface area (Å²) in [5, 5.41) is 8.10. The van der Waals surface area contributed by atoms with Crippen LogP contribution in [0.25, 0.3) is 11.4 Å². The normalized spacial score (nSPS) is 11.2. The molecule has 132 valence electrons. The maximum atomic E-state index is 15.0. The summed E-state index contributed by atoms with van der Waals surface area (Å²) in [7, 11) is 0. The summed E-state index contributed by atoms with van der Waals surface area (Å²) in [6.45, 7) is 0. The Morgan fingerprint density at radius 3 is 1.58 bits per heavy atom. The van der Waals surface area contributed by atoms with Crippen LogP contribution in [0.2, 0.25) is 0 Å². The summed E-state index contributed by atoms with van der Waals surface area (Å²) in [5.74, 6) is -3.24. The van der Waals surface area contributed by atoms with Crippen LogP contribution in [0.15, 0.2) is 73.3 Å². The second-order valence-electron chi connectivity index (χ2n) is 5.38. The number of hydrogen-bond acceptors (Lipinski definition) is 2. The molecule has 2 heterocycles. The maximum absolute atomic E-state index is 15.0. The summed E-state index contributed by atoms with van der Waals surface area (Å²) in [6, 6.07) is 18.1. The van der Waals surface area contributed by atoms with Gasteiger partial charge in [0, 0.05) is 24.8 Å². The van der Waals surface area contributed by atoms with Crippen molar-refractivity contribution in [3.63, 3.8) is 0 Å². The Morgan fingerprint density at radius 1 is 0.731 bits per heavy atom. The molecule has 0 saturated carbocycles. The molecule has 0 N–H and O–H groups in total. The van der Waals surface area contributed by atoms with E-state index in [-0.39, 0.29) is 32.2 Å². The molecule has 0 aliphatic rings. The molecule has 0 amide bonds. The van der Waals surface area contributed by atoms with Crippen LogP contribution in [-0.4, -0.2) is 19.6 Å². The molecule has 0 aliphatic heterocycles. The summed E-state index contributed by atoms with van der Waals surface area (Å²) in [5.41, 5.74) is 0.416. The van der Waals surface area contributed by atoms with E-state index in [0.717, 1.165) is 0 Å². The van der Waals surface area contributed by atoms with Crippen molar-refractivity contribution in [2.45, 2.75) is 5.92 Å². The van der Waals surface area contributed by atoms with E-state index in [2.05, 4.69) is 22.3 Å². The van der Waals surface area contributed by atoms with Crippen molar-refractivity contribution in [2.75, 3.05) is 0 Å². The van der Waals surface area contributed by atoms with Gasteiger partial charge in [0.1, 0.15) is 0 Å². The summed E-state index contributed by atoms with van der Waals surface area (Å²) in [6.07, 6.45) is 6.52. The van der Waals surface area contributed by atoms with E-state index in [0.29, 0.717) is 11.4 Å². The van der Waals surface area contributed by atoms with Gasteiger partial charge in [0.05, 0.1) is 0 Å². The Hall–Kier alpha value is -2.59. The number of hydrogen-bond donors (Lipinski definition) is 0. The number of halogens is 2. The average molecular weight is 529 g/mol. The molecule has 0 aliphatic carbocycles. The first-order valence-corrected chi connectivity index (χ1v) is 7.58. The van der Waals surface area contributed by atoms with Crippen molar-refractivity contribution < 1.29 is 29.8 Å². The summed E-state index contributed by atoms with van der Waals surface area (Å²) >= 11 is 0. The van der Waals surface area contributed by atoms with Gasteiger partial charge in [0.25, 0.3) is 5.92 Å².